The first kappa shape index (κ1) is 12.5. The van der Waals surface area contributed by atoms with Crippen molar-refractivity contribution >= 4 is 0 Å². The monoisotopic (exact) mass is 239 g/mol. The second-order valence-electron chi connectivity index (χ2n) is 5.31. The molecule has 1 saturated heterocycles. The molecule has 1 aromatic heterocycles. The quantitative estimate of drug-likeness (QED) is 0.852. The van der Waals surface area contributed by atoms with Gasteiger partial charge >= 0.3 is 0 Å². The van der Waals surface area contributed by atoms with Gasteiger partial charge in [0, 0.05) is 32.9 Å². The van der Waals surface area contributed by atoms with Crippen LogP contribution in [-0.2, 0) is 18.2 Å². The van der Waals surface area contributed by atoms with Gasteiger partial charge in [-0.15, -0.1) is 0 Å². The van der Waals surface area contributed by atoms with E-state index >= 15 is 0 Å². The third kappa shape index (κ3) is 2.84. The highest BCUT2D eigenvalue weighted by Crippen LogP contribution is 2.30. The summed E-state index contributed by atoms with van der Waals surface area (Å²) in [6.07, 6.45) is 3.57. The second kappa shape index (κ2) is 4.74. The number of aliphatic hydroxyl groups is 1. The van der Waals surface area contributed by atoms with Crippen molar-refractivity contribution in [3.8, 4) is 0 Å². The lowest BCUT2D eigenvalue weighted by molar-refractivity contribution is -0.117. The SMILES string of the molecule is CC(C)C1CC(O)(Cc2ncnn2C)CCO1. The topological polar surface area (TPSA) is 60.2 Å². The van der Waals surface area contributed by atoms with Crippen molar-refractivity contribution in [3.05, 3.63) is 12.2 Å². The van der Waals surface area contributed by atoms with Gasteiger partial charge in [0.15, 0.2) is 0 Å². The van der Waals surface area contributed by atoms with Gasteiger partial charge in [-0.1, -0.05) is 13.8 Å². The van der Waals surface area contributed by atoms with Gasteiger partial charge in [0.25, 0.3) is 0 Å². The summed E-state index contributed by atoms with van der Waals surface area (Å²) in [4.78, 5) is 4.18. The minimum atomic E-state index is -0.700. The summed E-state index contributed by atoms with van der Waals surface area (Å²) in [6, 6.07) is 0. The summed E-state index contributed by atoms with van der Waals surface area (Å²) in [5.41, 5.74) is -0.700. The molecule has 0 spiro atoms. The molecule has 17 heavy (non-hydrogen) atoms. The van der Waals surface area contributed by atoms with Crippen molar-refractivity contribution in [2.24, 2.45) is 13.0 Å². The fourth-order valence-electron chi connectivity index (χ4n) is 2.30. The molecule has 1 aromatic rings. The van der Waals surface area contributed by atoms with Crippen LogP contribution in [0.4, 0.5) is 0 Å². The van der Waals surface area contributed by atoms with Crippen LogP contribution in [0.2, 0.25) is 0 Å². The number of aromatic nitrogens is 3. The predicted octanol–water partition coefficient (Wildman–Crippen LogP) is 0.924. The zero-order valence-electron chi connectivity index (χ0n) is 10.8. The van der Waals surface area contributed by atoms with Crippen molar-refractivity contribution in [1.29, 1.82) is 0 Å². The third-order valence-electron chi connectivity index (χ3n) is 3.52. The highest BCUT2D eigenvalue weighted by Gasteiger charge is 2.37. The molecule has 0 aliphatic carbocycles. The smallest absolute Gasteiger partial charge is 0.138 e. The molecule has 2 unspecified atom stereocenters. The summed E-state index contributed by atoms with van der Waals surface area (Å²) in [5, 5.41) is 14.7. The van der Waals surface area contributed by atoms with E-state index in [4.69, 9.17) is 4.74 Å². The Morgan fingerprint density at radius 2 is 2.41 bits per heavy atom. The molecule has 5 nitrogen and oxygen atoms in total. The van der Waals surface area contributed by atoms with Crippen LogP contribution in [0.5, 0.6) is 0 Å². The highest BCUT2D eigenvalue weighted by atomic mass is 16.5. The Morgan fingerprint density at radius 1 is 1.65 bits per heavy atom. The summed E-state index contributed by atoms with van der Waals surface area (Å²) in [6.45, 7) is 4.87. The van der Waals surface area contributed by atoms with Crippen LogP contribution in [0.15, 0.2) is 6.33 Å². The maximum atomic E-state index is 10.6. The molecule has 0 radical (unpaired) electrons. The largest absolute Gasteiger partial charge is 0.389 e. The zero-order valence-corrected chi connectivity index (χ0v) is 10.8. The number of rotatable bonds is 3. The van der Waals surface area contributed by atoms with Gasteiger partial charge in [-0.25, -0.2) is 4.98 Å². The normalized spacial score (nSPS) is 29.8. The van der Waals surface area contributed by atoms with Crippen molar-refractivity contribution < 1.29 is 9.84 Å². The number of hydrogen-bond acceptors (Lipinski definition) is 4. The lowest BCUT2D eigenvalue weighted by atomic mass is 9.84. The van der Waals surface area contributed by atoms with E-state index in [0.29, 0.717) is 31.8 Å². The average molecular weight is 239 g/mol. The summed E-state index contributed by atoms with van der Waals surface area (Å²) >= 11 is 0. The molecular formula is C12H21N3O2. The molecule has 96 valence electrons. The van der Waals surface area contributed by atoms with Crippen molar-refractivity contribution in [2.75, 3.05) is 6.61 Å². The van der Waals surface area contributed by atoms with Gasteiger partial charge in [0.1, 0.15) is 12.2 Å². The van der Waals surface area contributed by atoms with Crippen LogP contribution >= 0.6 is 0 Å². The van der Waals surface area contributed by atoms with Gasteiger partial charge in [-0.2, -0.15) is 5.10 Å². The molecule has 5 heteroatoms. The van der Waals surface area contributed by atoms with Crippen molar-refractivity contribution in [1.82, 2.24) is 14.8 Å². The van der Waals surface area contributed by atoms with Crippen molar-refractivity contribution in [3.63, 3.8) is 0 Å². The predicted molar refractivity (Wildman–Crippen MR) is 63.5 cm³/mol. The number of ether oxygens (including phenoxy) is 1. The highest BCUT2D eigenvalue weighted by molar-refractivity contribution is 4.97. The van der Waals surface area contributed by atoms with Crippen LogP contribution in [0.1, 0.15) is 32.5 Å². The van der Waals surface area contributed by atoms with Crippen LogP contribution in [0, 0.1) is 5.92 Å². The number of nitrogens with zero attached hydrogens (tertiary/aromatic N) is 3. The van der Waals surface area contributed by atoms with Gasteiger partial charge in [0.2, 0.25) is 0 Å². The van der Waals surface area contributed by atoms with E-state index in [1.54, 1.807) is 4.68 Å². The fourth-order valence-corrected chi connectivity index (χ4v) is 2.30. The number of aryl methyl sites for hydroxylation is 1. The van der Waals surface area contributed by atoms with Gasteiger partial charge < -0.3 is 9.84 Å². The molecule has 1 aliphatic rings. The molecule has 0 saturated carbocycles. The summed E-state index contributed by atoms with van der Waals surface area (Å²) in [5.74, 6) is 1.26. The maximum Gasteiger partial charge on any atom is 0.138 e. The molecule has 1 aliphatic heterocycles. The Balaban J connectivity index is 2.06. The molecule has 2 atom stereocenters. The van der Waals surface area contributed by atoms with E-state index in [1.165, 1.54) is 6.33 Å². The Labute approximate surface area is 102 Å². The molecule has 1 fully saturated rings. The lowest BCUT2D eigenvalue weighted by Gasteiger charge is -2.38. The minimum absolute atomic E-state index is 0.141. The Hall–Kier alpha value is -0.940. The van der Waals surface area contributed by atoms with E-state index in [0.717, 1.165) is 5.82 Å². The average Bonchev–Trinajstić information content (AvgIpc) is 2.64. The van der Waals surface area contributed by atoms with E-state index in [1.807, 2.05) is 7.05 Å². The first-order valence-electron chi connectivity index (χ1n) is 6.17. The summed E-state index contributed by atoms with van der Waals surface area (Å²) < 4.78 is 7.40. The molecule has 0 amide bonds. The van der Waals surface area contributed by atoms with E-state index in [-0.39, 0.29) is 6.10 Å². The zero-order chi connectivity index (χ0) is 12.5. The van der Waals surface area contributed by atoms with Crippen LogP contribution < -0.4 is 0 Å². The van der Waals surface area contributed by atoms with Crippen LogP contribution in [0.25, 0.3) is 0 Å². The van der Waals surface area contributed by atoms with Gasteiger partial charge in [0.05, 0.1) is 11.7 Å². The fraction of sp³-hybridized carbons (Fsp3) is 0.833. The molecule has 2 heterocycles. The van der Waals surface area contributed by atoms with Crippen molar-refractivity contribution in [2.45, 2.75) is 44.8 Å². The van der Waals surface area contributed by atoms with E-state index in [2.05, 4.69) is 23.9 Å². The standard InChI is InChI=1S/C12H21N3O2/c1-9(2)10-6-12(16,4-5-17-10)7-11-13-8-14-15(11)3/h8-10,16H,4-7H2,1-3H3. The summed E-state index contributed by atoms with van der Waals surface area (Å²) in [7, 11) is 1.85. The Kier molecular flexibility index (Phi) is 3.49. The van der Waals surface area contributed by atoms with E-state index in [9.17, 15) is 5.11 Å². The van der Waals surface area contributed by atoms with Gasteiger partial charge in [-0.05, 0) is 5.92 Å². The van der Waals surface area contributed by atoms with E-state index < -0.39 is 5.60 Å². The Bertz CT molecular complexity index is 378. The molecule has 2 rings (SSSR count). The number of hydrogen-bond donors (Lipinski definition) is 1. The lowest BCUT2D eigenvalue weighted by Crippen LogP contribution is -2.44. The minimum Gasteiger partial charge on any atom is -0.389 e. The third-order valence-corrected chi connectivity index (χ3v) is 3.52. The maximum absolute atomic E-state index is 10.6. The second-order valence-corrected chi connectivity index (χ2v) is 5.31. The molecular weight excluding hydrogens is 218 g/mol. The first-order chi connectivity index (χ1) is 8.00. The molecule has 0 bridgehead atoms. The molecule has 0 aromatic carbocycles. The first-order valence-corrected chi connectivity index (χ1v) is 6.17. The van der Waals surface area contributed by atoms with Gasteiger partial charge in [-0.3, -0.25) is 4.68 Å². The van der Waals surface area contributed by atoms with Crippen LogP contribution in [-0.4, -0.2) is 38.2 Å². The molecule has 1 N–H and O–H groups in total. The Morgan fingerprint density at radius 3 is 3.00 bits per heavy atom. The van der Waals surface area contributed by atoms with Crippen LogP contribution in [0.3, 0.4) is 0 Å².